The predicted molar refractivity (Wildman–Crippen MR) is 66.2 cm³/mol. The molecule has 1 aliphatic heterocycles. The summed E-state index contributed by atoms with van der Waals surface area (Å²) in [5, 5.41) is 16.3. The molecule has 100 valence electrons. The summed E-state index contributed by atoms with van der Waals surface area (Å²) in [7, 11) is 0. The summed E-state index contributed by atoms with van der Waals surface area (Å²) in [5.41, 5.74) is 0.495. The van der Waals surface area contributed by atoms with Gasteiger partial charge in [-0.2, -0.15) is 4.98 Å². The number of piperidine rings is 1. The molecule has 1 saturated heterocycles. The Bertz CT molecular complexity index is 579. The molecule has 0 bridgehead atoms. The van der Waals surface area contributed by atoms with Crippen molar-refractivity contribution in [2.45, 2.75) is 18.8 Å². The van der Waals surface area contributed by atoms with Gasteiger partial charge in [-0.15, -0.1) is 0 Å². The molecule has 0 spiro atoms. The maximum Gasteiger partial charge on any atom is 0.231 e. The quantitative estimate of drug-likeness (QED) is 0.867. The van der Waals surface area contributed by atoms with Crippen LogP contribution >= 0.6 is 0 Å². The molecule has 0 saturated carbocycles. The molecule has 0 aliphatic carbocycles. The van der Waals surface area contributed by atoms with E-state index >= 15 is 0 Å². The molecule has 1 aromatic heterocycles. The number of phenolic OH excluding ortho intramolecular Hbond substituents is 1. The Morgan fingerprint density at radius 3 is 3.05 bits per heavy atom. The number of aromatic hydroxyl groups is 1. The van der Waals surface area contributed by atoms with Crippen molar-refractivity contribution < 1.29 is 14.0 Å². The first-order valence-electron chi connectivity index (χ1n) is 6.27. The monoisotopic (exact) mass is 263 g/mol. The van der Waals surface area contributed by atoms with E-state index in [1.165, 1.54) is 12.1 Å². The molecule has 2 aromatic rings. The first-order valence-corrected chi connectivity index (χ1v) is 6.27. The lowest BCUT2D eigenvalue weighted by atomic mass is 10.00. The van der Waals surface area contributed by atoms with Gasteiger partial charge in [0.05, 0.1) is 5.92 Å². The fourth-order valence-corrected chi connectivity index (χ4v) is 2.23. The predicted octanol–water partition coefficient (Wildman–Crippen LogP) is 2.05. The smallest absolute Gasteiger partial charge is 0.231 e. The van der Waals surface area contributed by atoms with Crippen LogP contribution in [0.5, 0.6) is 5.75 Å². The van der Waals surface area contributed by atoms with E-state index in [0.717, 1.165) is 25.9 Å². The Hall–Kier alpha value is -1.95. The van der Waals surface area contributed by atoms with Crippen LogP contribution < -0.4 is 5.32 Å². The third kappa shape index (κ3) is 2.44. The highest BCUT2D eigenvalue weighted by atomic mass is 19.1. The molecular formula is C13H14FN3O2. The van der Waals surface area contributed by atoms with Crippen LogP contribution in [0.4, 0.5) is 4.39 Å². The third-order valence-electron chi connectivity index (χ3n) is 3.29. The van der Waals surface area contributed by atoms with E-state index in [2.05, 4.69) is 15.5 Å². The highest BCUT2D eigenvalue weighted by Gasteiger charge is 2.21. The van der Waals surface area contributed by atoms with E-state index in [9.17, 15) is 4.39 Å². The van der Waals surface area contributed by atoms with Gasteiger partial charge in [0, 0.05) is 12.1 Å². The molecule has 19 heavy (non-hydrogen) atoms. The van der Waals surface area contributed by atoms with Crippen LogP contribution in [0.25, 0.3) is 11.4 Å². The van der Waals surface area contributed by atoms with Gasteiger partial charge < -0.3 is 14.9 Å². The van der Waals surface area contributed by atoms with Crippen LogP contribution in [0.15, 0.2) is 22.7 Å². The molecule has 6 heteroatoms. The first kappa shape index (κ1) is 12.1. The fraction of sp³-hybridized carbons (Fsp3) is 0.385. The lowest BCUT2D eigenvalue weighted by Crippen LogP contribution is -2.28. The molecule has 0 unspecified atom stereocenters. The zero-order valence-corrected chi connectivity index (χ0v) is 10.3. The van der Waals surface area contributed by atoms with Crippen molar-refractivity contribution >= 4 is 0 Å². The van der Waals surface area contributed by atoms with E-state index in [1.807, 2.05) is 0 Å². The lowest BCUT2D eigenvalue weighted by Gasteiger charge is -2.18. The molecular weight excluding hydrogens is 249 g/mol. The van der Waals surface area contributed by atoms with Crippen LogP contribution in [-0.2, 0) is 0 Å². The maximum atomic E-state index is 13.3. The number of nitrogens with one attached hydrogen (secondary N) is 1. The molecule has 2 N–H and O–H groups in total. The number of rotatable bonds is 2. The Kier molecular flexibility index (Phi) is 3.16. The Morgan fingerprint density at radius 2 is 2.32 bits per heavy atom. The Balaban J connectivity index is 1.85. The minimum absolute atomic E-state index is 0.219. The van der Waals surface area contributed by atoms with Crippen LogP contribution in [0, 0.1) is 5.82 Å². The van der Waals surface area contributed by atoms with Gasteiger partial charge in [0.1, 0.15) is 0 Å². The minimum atomic E-state index is -0.691. The van der Waals surface area contributed by atoms with Crippen molar-refractivity contribution in [3.05, 3.63) is 29.9 Å². The highest BCUT2D eigenvalue weighted by molar-refractivity contribution is 5.55. The second-order valence-electron chi connectivity index (χ2n) is 4.67. The number of hydrogen-bond donors (Lipinski definition) is 2. The van der Waals surface area contributed by atoms with Gasteiger partial charge in [-0.1, -0.05) is 5.16 Å². The highest BCUT2D eigenvalue weighted by Crippen LogP contribution is 2.26. The van der Waals surface area contributed by atoms with E-state index in [4.69, 9.17) is 9.63 Å². The first-order chi connectivity index (χ1) is 9.24. The number of halogens is 1. The van der Waals surface area contributed by atoms with E-state index in [-0.39, 0.29) is 11.7 Å². The van der Waals surface area contributed by atoms with Crippen molar-refractivity contribution in [3.63, 3.8) is 0 Å². The number of nitrogens with zero attached hydrogens (tertiary/aromatic N) is 2. The van der Waals surface area contributed by atoms with Crippen LogP contribution in [0.3, 0.4) is 0 Å². The van der Waals surface area contributed by atoms with Crippen LogP contribution in [0.1, 0.15) is 24.7 Å². The summed E-state index contributed by atoms with van der Waals surface area (Å²) in [5.74, 6) is 0.0688. The molecule has 2 heterocycles. The van der Waals surface area contributed by atoms with Gasteiger partial charge >= 0.3 is 0 Å². The normalized spacial score (nSPS) is 19.5. The Labute approximate surface area is 109 Å². The third-order valence-corrected chi connectivity index (χ3v) is 3.29. The summed E-state index contributed by atoms with van der Waals surface area (Å²) in [6.45, 7) is 1.84. The van der Waals surface area contributed by atoms with E-state index in [1.54, 1.807) is 6.07 Å². The zero-order chi connectivity index (χ0) is 13.2. The zero-order valence-electron chi connectivity index (χ0n) is 10.3. The topological polar surface area (TPSA) is 71.2 Å². The van der Waals surface area contributed by atoms with Crippen LogP contribution in [0.2, 0.25) is 0 Å². The SMILES string of the molecule is Oc1ccc(-c2noc([C@@H]3CCCNC3)n2)cc1F. The average Bonchev–Trinajstić information content (AvgIpc) is 2.93. The fourth-order valence-electron chi connectivity index (χ4n) is 2.23. The summed E-state index contributed by atoms with van der Waals surface area (Å²) < 4.78 is 18.5. The number of hydrogen-bond acceptors (Lipinski definition) is 5. The second-order valence-corrected chi connectivity index (χ2v) is 4.67. The van der Waals surface area contributed by atoms with Crippen molar-refractivity contribution in [2.75, 3.05) is 13.1 Å². The van der Waals surface area contributed by atoms with Gasteiger partial charge in [0.25, 0.3) is 0 Å². The molecule has 1 aliphatic rings. The average molecular weight is 263 g/mol. The van der Waals surface area contributed by atoms with Crippen LogP contribution in [-0.4, -0.2) is 28.3 Å². The lowest BCUT2D eigenvalue weighted by molar-refractivity contribution is 0.322. The van der Waals surface area contributed by atoms with Crippen molar-refractivity contribution in [1.82, 2.24) is 15.5 Å². The van der Waals surface area contributed by atoms with Crippen molar-refractivity contribution in [1.29, 1.82) is 0 Å². The summed E-state index contributed by atoms with van der Waals surface area (Å²) in [4.78, 5) is 4.31. The van der Waals surface area contributed by atoms with E-state index < -0.39 is 5.82 Å². The van der Waals surface area contributed by atoms with Gasteiger partial charge in [0.15, 0.2) is 11.6 Å². The minimum Gasteiger partial charge on any atom is -0.505 e. The van der Waals surface area contributed by atoms with Crippen molar-refractivity contribution in [2.24, 2.45) is 0 Å². The van der Waals surface area contributed by atoms with Crippen molar-refractivity contribution in [3.8, 4) is 17.1 Å². The second kappa shape index (κ2) is 4.97. The molecule has 0 amide bonds. The molecule has 1 aromatic carbocycles. The Morgan fingerprint density at radius 1 is 1.42 bits per heavy atom. The van der Waals surface area contributed by atoms with E-state index in [0.29, 0.717) is 17.3 Å². The van der Waals surface area contributed by atoms with Gasteiger partial charge in [-0.25, -0.2) is 4.39 Å². The summed E-state index contributed by atoms with van der Waals surface area (Å²) >= 11 is 0. The summed E-state index contributed by atoms with van der Waals surface area (Å²) in [6.07, 6.45) is 2.09. The molecule has 1 fully saturated rings. The number of phenols is 1. The molecule has 0 radical (unpaired) electrons. The summed E-state index contributed by atoms with van der Waals surface area (Å²) in [6, 6.07) is 4.04. The number of aromatic nitrogens is 2. The molecule has 1 atom stereocenters. The molecule has 3 rings (SSSR count). The van der Waals surface area contributed by atoms with Gasteiger partial charge in [-0.3, -0.25) is 0 Å². The van der Waals surface area contributed by atoms with Gasteiger partial charge in [-0.05, 0) is 37.6 Å². The standard InChI is InChI=1S/C13H14FN3O2/c14-10-6-8(3-4-11(10)18)12-16-13(19-17-12)9-2-1-5-15-7-9/h3-4,6,9,15,18H,1-2,5,7H2/t9-/m1/s1. The largest absolute Gasteiger partial charge is 0.505 e. The van der Waals surface area contributed by atoms with Gasteiger partial charge in [0.2, 0.25) is 11.7 Å². The molecule has 5 nitrogen and oxygen atoms in total. The number of benzene rings is 1. The maximum absolute atomic E-state index is 13.3.